The van der Waals surface area contributed by atoms with Crippen LogP contribution in [0.5, 0.6) is 0 Å². The number of anilines is 1. The van der Waals surface area contributed by atoms with Crippen molar-refractivity contribution in [3.8, 4) is 0 Å². The number of rotatable bonds is 5. The number of carbonyl (C=O) groups is 2. The van der Waals surface area contributed by atoms with Crippen LogP contribution in [0, 0.1) is 6.92 Å². The van der Waals surface area contributed by atoms with Gasteiger partial charge in [-0.05, 0) is 31.4 Å². The first-order chi connectivity index (χ1) is 11.2. The second-order valence-corrected chi connectivity index (χ2v) is 7.28. The van der Waals surface area contributed by atoms with E-state index < -0.39 is 27.9 Å². The van der Waals surface area contributed by atoms with Crippen molar-refractivity contribution in [1.82, 2.24) is 9.71 Å². The number of sulfonamides is 1. The van der Waals surface area contributed by atoms with Crippen molar-refractivity contribution in [3.63, 3.8) is 0 Å². The van der Waals surface area contributed by atoms with E-state index in [-0.39, 0.29) is 21.8 Å². The van der Waals surface area contributed by atoms with Gasteiger partial charge < -0.3 is 10.4 Å². The van der Waals surface area contributed by atoms with Crippen LogP contribution in [-0.2, 0) is 14.8 Å². The lowest BCUT2D eigenvalue weighted by Crippen LogP contribution is -2.32. The molecule has 3 N–H and O–H groups in total. The molecule has 2 rings (SSSR count). The summed E-state index contributed by atoms with van der Waals surface area (Å²) in [6.45, 7) is 2.68. The number of thiophene rings is 1. The molecule has 0 spiro atoms. The zero-order chi connectivity index (χ0) is 17.9. The Morgan fingerprint density at radius 2 is 2.04 bits per heavy atom. The summed E-state index contributed by atoms with van der Waals surface area (Å²) in [5.74, 6) is -1.56. The number of hydrogen-bond donors (Lipinski definition) is 3. The van der Waals surface area contributed by atoms with Crippen LogP contribution in [0.25, 0.3) is 0 Å². The Balaban J connectivity index is 2.39. The molecule has 1 atom stereocenters. The molecule has 0 aliphatic rings. The molecule has 2 aromatic rings. The summed E-state index contributed by atoms with van der Waals surface area (Å²) in [6.07, 6.45) is -0.0124. The van der Waals surface area contributed by atoms with E-state index in [0.717, 1.165) is 0 Å². The smallest absolute Gasteiger partial charge is 0.268 e. The van der Waals surface area contributed by atoms with Crippen LogP contribution in [0.15, 0.2) is 34.0 Å². The van der Waals surface area contributed by atoms with E-state index in [0.29, 0.717) is 0 Å². The van der Waals surface area contributed by atoms with Crippen molar-refractivity contribution in [2.45, 2.75) is 24.8 Å². The third kappa shape index (κ3) is 3.96. The second-order valence-electron chi connectivity index (χ2n) is 4.88. The van der Waals surface area contributed by atoms with E-state index in [2.05, 4.69) is 10.3 Å². The lowest BCUT2D eigenvalue weighted by molar-refractivity contribution is -0.123. The van der Waals surface area contributed by atoms with Gasteiger partial charge in [0.25, 0.3) is 21.8 Å². The number of aliphatic hydroxyl groups is 1. The van der Waals surface area contributed by atoms with Crippen LogP contribution in [0.2, 0.25) is 0 Å². The number of nitrogens with zero attached hydrogens (tertiary/aromatic N) is 1. The molecule has 0 aromatic carbocycles. The Bertz CT molecular complexity index is 861. The molecule has 24 heavy (non-hydrogen) atoms. The van der Waals surface area contributed by atoms with Gasteiger partial charge in [-0.2, -0.15) is 11.3 Å². The van der Waals surface area contributed by atoms with Crippen LogP contribution >= 0.6 is 11.3 Å². The maximum atomic E-state index is 12.5. The molecule has 0 aliphatic carbocycles. The maximum absolute atomic E-state index is 12.5. The summed E-state index contributed by atoms with van der Waals surface area (Å²) in [6, 6.07) is 2.76. The third-order valence-corrected chi connectivity index (χ3v) is 5.19. The van der Waals surface area contributed by atoms with Gasteiger partial charge in [0.05, 0.1) is 16.9 Å². The van der Waals surface area contributed by atoms with Gasteiger partial charge in [-0.1, -0.05) is 0 Å². The number of aryl methyl sites for hydroxylation is 1. The first-order valence-electron chi connectivity index (χ1n) is 6.76. The fraction of sp³-hybridized carbons (Fsp3) is 0.214. The highest BCUT2D eigenvalue weighted by Crippen LogP contribution is 2.24. The molecule has 0 saturated heterocycles. The van der Waals surface area contributed by atoms with E-state index in [9.17, 15) is 23.1 Å². The minimum absolute atomic E-state index is 0.0704. The Morgan fingerprint density at radius 1 is 1.33 bits per heavy atom. The molecule has 0 radical (unpaired) electrons. The number of hydrogen-bond acceptors (Lipinski definition) is 7. The maximum Gasteiger partial charge on any atom is 0.268 e. The monoisotopic (exact) mass is 369 g/mol. The summed E-state index contributed by atoms with van der Waals surface area (Å²) >= 11 is 1.25. The standard InChI is InChI=1S/C14H15N3O5S2/c1-8-12(11(3-5-15-8)16-13(19)9(2)18)24(21,22)17-14(20)10-4-6-23-7-10/h3-7,9,18H,1-2H3,(H,17,20)(H,15,16,19). The minimum Gasteiger partial charge on any atom is -0.384 e. The Morgan fingerprint density at radius 3 is 2.62 bits per heavy atom. The Hall–Kier alpha value is -2.30. The fourth-order valence-electron chi connectivity index (χ4n) is 1.85. The van der Waals surface area contributed by atoms with Crippen molar-refractivity contribution in [1.29, 1.82) is 0 Å². The lowest BCUT2D eigenvalue weighted by Gasteiger charge is -2.14. The number of amides is 2. The summed E-state index contributed by atoms with van der Waals surface area (Å²) in [4.78, 5) is 27.2. The van der Waals surface area contributed by atoms with Crippen molar-refractivity contribution in [2.75, 3.05) is 5.32 Å². The molecule has 2 heterocycles. The molecule has 2 amide bonds. The van der Waals surface area contributed by atoms with Gasteiger partial charge in [-0.25, -0.2) is 13.1 Å². The molecule has 2 aromatic heterocycles. The summed E-state index contributed by atoms with van der Waals surface area (Å²) in [5.41, 5.74) is 0.239. The third-order valence-electron chi connectivity index (χ3n) is 3.00. The number of aromatic nitrogens is 1. The molecule has 0 saturated carbocycles. The average Bonchev–Trinajstić information content (AvgIpc) is 3.00. The van der Waals surface area contributed by atoms with Gasteiger partial charge >= 0.3 is 0 Å². The molecule has 8 nitrogen and oxygen atoms in total. The predicted octanol–water partition coefficient (Wildman–Crippen LogP) is 0.890. The Labute approximate surface area is 142 Å². The van der Waals surface area contributed by atoms with E-state index in [1.807, 2.05) is 4.72 Å². The molecule has 0 aliphatic heterocycles. The Kier molecular flexibility index (Phi) is 5.32. The zero-order valence-corrected chi connectivity index (χ0v) is 14.4. The van der Waals surface area contributed by atoms with E-state index in [1.165, 1.54) is 48.9 Å². The highest BCUT2D eigenvalue weighted by atomic mass is 32.2. The molecule has 128 valence electrons. The van der Waals surface area contributed by atoms with Crippen LogP contribution in [0.1, 0.15) is 23.0 Å². The van der Waals surface area contributed by atoms with Crippen LogP contribution < -0.4 is 10.0 Å². The topological polar surface area (TPSA) is 125 Å². The first kappa shape index (κ1) is 18.0. The lowest BCUT2D eigenvalue weighted by atomic mass is 10.3. The minimum atomic E-state index is -4.27. The highest BCUT2D eigenvalue weighted by molar-refractivity contribution is 7.90. The average molecular weight is 369 g/mol. The van der Waals surface area contributed by atoms with E-state index >= 15 is 0 Å². The summed E-state index contributed by atoms with van der Waals surface area (Å²) in [7, 11) is -4.27. The van der Waals surface area contributed by atoms with Crippen LogP contribution in [0.3, 0.4) is 0 Å². The quantitative estimate of drug-likeness (QED) is 0.719. The molecule has 0 fully saturated rings. The van der Waals surface area contributed by atoms with Crippen LogP contribution in [0.4, 0.5) is 5.69 Å². The van der Waals surface area contributed by atoms with Crippen LogP contribution in [-0.4, -0.2) is 36.4 Å². The van der Waals surface area contributed by atoms with Crippen molar-refractivity contribution >= 4 is 38.9 Å². The van der Waals surface area contributed by atoms with Crippen molar-refractivity contribution in [3.05, 3.63) is 40.3 Å². The van der Waals surface area contributed by atoms with Gasteiger partial charge in [0, 0.05) is 11.6 Å². The number of carbonyl (C=O) groups excluding carboxylic acids is 2. The second kappa shape index (κ2) is 7.07. The number of aliphatic hydroxyl groups excluding tert-OH is 1. The number of nitrogens with one attached hydrogen (secondary N) is 2. The van der Waals surface area contributed by atoms with Crippen molar-refractivity contribution in [2.24, 2.45) is 0 Å². The molecule has 1 unspecified atom stereocenters. The first-order valence-corrected chi connectivity index (χ1v) is 9.19. The summed E-state index contributed by atoms with van der Waals surface area (Å²) in [5, 5.41) is 14.7. The van der Waals surface area contributed by atoms with Crippen molar-refractivity contribution < 1.29 is 23.1 Å². The molecule has 0 bridgehead atoms. The normalized spacial score (nSPS) is 12.5. The van der Waals surface area contributed by atoms with Gasteiger partial charge in [-0.15, -0.1) is 0 Å². The van der Waals surface area contributed by atoms with E-state index in [4.69, 9.17) is 0 Å². The van der Waals surface area contributed by atoms with E-state index in [1.54, 1.807) is 5.38 Å². The predicted molar refractivity (Wildman–Crippen MR) is 88.3 cm³/mol. The summed E-state index contributed by atoms with van der Waals surface area (Å²) < 4.78 is 27.0. The largest absolute Gasteiger partial charge is 0.384 e. The fourth-order valence-corrected chi connectivity index (χ4v) is 3.80. The molecule has 10 heteroatoms. The molecular formula is C14H15N3O5S2. The van der Waals surface area contributed by atoms with Gasteiger partial charge in [-0.3, -0.25) is 14.6 Å². The number of pyridine rings is 1. The zero-order valence-electron chi connectivity index (χ0n) is 12.8. The molecular weight excluding hydrogens is 354 g/mol. The van der Waals surface area contributed by atoms with Gasteiger partial charge in [0.15, 0.2) is 0 Å². The highest BCUT2D eigenvalue weighted by Gasteiger charge is 2.26. The SMILES string of the molecule is Cc1nccc(NC(=O)C(C)O)c1S(=O)(=O)NC(=O)c1ccsc1. The van der Waals surface area contributed by atoms with Gasteiger partial charge in [0.2, 0.25) is 0 Å². The van der Waals surface area contributed by atoms with Gasteiger partial charge in [0.1, 0.15) is 11.0 Å².